The number of thioether (sulfide) groups is 1. The molecule has 3 aliphatic heterocycles. The minimum atomic E-state index is -0.399. The molecule has 6 unspecified atom stereocenters. The van der Waals surface area contributed by atoms with E-state index in [0.717, 1.165) is 54.2 Å². The third-order valence-corrected chi connectivity index (χ3v) is 13.3. The van der Waals surface area contributed by atoms with Gasteiger partial charge in [0.1, 0.15) is 0 Å². The summed E-state index contributed by atoms with van der Waals surface area (Å²) in [5.74, 6) is -0.113. The number of nitrogens with zero attached hydrogens (tertiary/aromatic N) is 2. The van der Waals surface area contributed by atoms with Gasteiger partial charge in [-0.1, -0.05) is 29.0 Å². The number of carbonyl (C=O) groups is 3. The van der Waals surface area contributed by atoms with Crippen LogP contribution in [0.5, 0.6) is 11.5 Å². The van der Waals surface area contributed by atoms with Crippen LogP contribution in [0.4, 0.5) is 5.69 Å². The van der Waals surface area contributed by atoms with Crippen molar-refractivity contribution in [2.75, 3.05) is 31.2 Å². The van der Waals surface area contributed by atoms with Gasteiger partial charge in [0.2, 0.25) is 11.8 Å². The van der Waals surface area contributed by atoms with Gasteiger partial charge < -0.3 is 19.4 Å². The number of halogens is 1. The SMILES string of the molecule is CCOc1cc([C@H]2c3sc(=O)[nH]c3SC3C4CC(C5C(=O)N(c6ccc(Cl)cc6)C(=O)C45)C32)ccc1OCC(=O)N1CCCCC1. The minimum Gasteiger partial charge on any atom is -0.490 e. The van der Waals surface area contributed by atoms with Gasteiger partial charge in [0, 0.05) is 34.2 Å². The van der Waals surface area contributed by atoms with Crippen molar-refractivity contribution in [3.63, 3.8) is 0 Å². The summed E-state index contributed by atoms with van der Waals surface area (Å²) in [4.78, 5) is 60.5. The average molecular weight is 680 g/mol. The van der Waals surface area contributed by atoms with Crippen LogP contribution in [0, 0.1) is 29.6 Å². The molecule has 3 amide bonds. The Balaban J connectivity index is 1.12. The van der Waals surface area contributed by atoms with Crippen LogP contribution < -0.4 is 19.2 Å². The maximum absolute atomic E-state index is 14.0. The van der Waals surface area contributed by atoms with Gasteiger partial charge in [-0.25, -0.2) is 0 Å². The highest BCUT2D eigenvalue weighted by atomic mass is 35.5. The molecule has 46 heavy (non-hydrogen) atoms. The van der Waals surface area contributed by atoms with E-state index < -0.39 is 5.92 Å². The van der Waals surface area contributed by atoms with Crippen LogP contribution in [-0.4, -0.2) is 59.2 Å². The molecule has 0 radical (unpaired) electrons. The molecule has 7 atom stereocenters. The molecule has 4 heterocycles. The van der Waals surface area contributed by atoms with E-state index in [2.05, 4.69) is 4.98 Å². The fourth-order valence-corrected chi connectivity index (χ4v) is 11.7. The van der Waals surface area contributed by atoms with Gasteiger partial charge in [0.25, 0.3) is 5.91 Å². The molecule has 0 spiro atoms. The highest BCUT2D eigenvalue weighted by molar-refractivity contribution is 8.00. The molecule has 5 aliphatic rings. The first-order valence-corrected chi connectivity index (χ1v) is 18.1. The van der Waals surface area contributed by atoms with Gasteiger partial charge in [-0.05, 0) is 92.3 Å². The number of anilines is 1. The number of amides is 3. The summed E-state index contributed by atoms with van der Waals surface area (Å²) in [6.45, 7) is 3.80. The van der Waals surface area contributed by atoms with Crippen molar-refractivity contribution < 1.29 is 23.9 Å². The van der Waals surface area contributed by atoms with Crippen LogP contribution in [0.3, 0.4) is 0 Å². The summed E-state index contributed by atoms with van der Waals surface area (Å²) in [7, 11) is 0. The zero-order chi connectivity index (χ0) is 31.7. The van der Waals surface area contributed by atoms with Gasteiger partial charge in [-0.3, -0.25) is 24.1 Å². The smallest absolute Gasteiger partial charge is 0.305 e. The summed E-state index contributed by atoms with van der Waals surface area (Å²) < 4.78 is 12.1. The molecule has 9 nitrogen and oxygen atoms in total. The Morgan fingerprint density at radius 3 is 2.43 bits per heavy atom. The first kappa shape index (κ1) is 30.1. The van der Waals surface area contributed by atoms with Crippen molar-refractivity contribution in [1.82, 2.24) is 9.88 Å². The Kier molecular flexibility index (Phi) is 7.68. The molecule has 3 aromatic rings. The number of carbonyl (C=O) groups excluding carboxylic acids is 3. The number of aromatic amines is 1. The number of H-pyrrole nitrogens is 1. The van der Waals surface area contributed by atoms with Crippen LogP contribution in [0.2, 0.25) is 5.02 Å². The molecule has 1 aromatic heterocycles. The maximum atomic E-state index is 14.0. The fourth-order valence-electron chi connectivity index (χ4n) is 8.71. The lowest BCUT2D eigenvalue weighted by molar-refractivity contribution is -0.134. The second kappa shape index (κ2) is 11.8. The standard InChI is InChI=1S/C34H34ClN3O6S2/c1-2-43-23-14-17(6-11-22(23)44-16-24(39)37-12-4-3-5-13-37)25-26-20-15-21(29(26)45-31-30(25)46-34(42)36-31)28-27(20)32(40)38(33(28)41)19-9-7-18(35)8-10-19/h6-11,14,20-21,25-29H,2-5,12-13,15-16H2,1H3,(H,36,42)/t20?,21?,25-,26?,27?,28?,29?/m1/s1. The van der Waals surface area contributed by atoms with Crippen molar-refractivity contribution >= 4 is 58.1 Å². The highest BCUT2D eigenvalue weighted by Crippen LogP contribution is 2.68. The van der Waals surface area contributed by atoms with Gasteiger partial charge in [0.15, 0.2) is 18.1 Å². The summed E-state index contributed by atoms with van der Waals surface area (Å²) in [5.41, 5.74) is 1.53. The van der Waals surface area contributed by atoms with Crippen LogP contribution in [-0.2, 0) is 14.4 Å². The minimum absolute atomic E-state index is 0.00904. The van der Waals surface area contributed by atoms with Crippen LogP contribution >= 0.6 is 34.7 Å². The average Bonchev–Trinajstić information content (AvgIpc) is 3.80. The second-order valence-corrected chi connectivity index (χ2v) is 15.5. The molecule has 8 rings (SSSR count). The van der Waals surface area contributed by atoms with E-state index >= 15 is 0 Å². The van der Waals surface area contributed by atoms with Gasteiger partial charge in [-0.15, -0.1) is 11.8 Å². The van der Waals surface area contributed by atoms with E-state index in [0.29, 0.717) is 28.8 Å². The third kappa shape index (κ3) is 4.80. The Hall–Kier alpha value is -3.28. The monoisotopic (exact) mass is 679 g/mol. The van der Waals surface area contributed by atoms with Gasteiger partial charge >= 0.3 is 4.87 Å². The number of rotatable bonds is 7. The molecule has 2 saturated carbocycles. The van der Waals surface area contributed by atoms with E-state index in [1.54, 1.807) is 36.0 Å². The molecular weight excluding hydrogens is 646 g/mol. The first-order valence-electron chi connectivity index (χ1n) is 16.0. The highest BCUT2D eigenvalue weighted by Gasteiger charge is 2.69. The van der Waals surface area contributed by atoms with Gasteiger partial charge in [-0.2, -0.15) is 0 Å². The molecule has 2 bridgehead atoms. The number of hydrogen-bond donors (Lipinski definition) is 1. The van der Waals surface area contributed by atoms with E-state index in [9.17, 15) is 19.2 Å². The molecule has 2 saturated heterocycles. The quantitative estimate of drug-likeness (QED) is 0.326. The largest absolute Gasteiger partial charge is 0.490 e. The Morgan fingerprint density at radius 1 is 0.957 bits per heavy atom. The van der Waals surface area contributed by atoms with Crippen LogP contribution in [0.1, 0.15) is 49.0 Å². The first-order chi connectivity index (χ1) is 22.3. The number of imide groups is 1. The number of hydrogen-bond acceptors (Lipinski definition) is 8. The Morgan fingerprint density at radius 2 is 1.70 bits per heavy atom. The van der Waals surface area contributed by atoms with Crippen molar-refractivity contribution in [3.8, 4) is 11.5 Å². The van der Waals surface area contributed by atoms with Crippen LogP contribution in [0.15, 0.2) is 52.3 Å². The lowest BCUT2D eigenvalue weighted by Crippen LogP contribution is -2.42. The van der Waals surface area contributed by atoms with E-state index in [1.165, 1.54) is 16.2 Å². The molecule has 12 heteroatoms. The normalized spacial score (nSPS) is 29.5. The molecule has 1 N–H and O–H groups in total. The predicted octanol–water partition coefficient (Wildman–Crippen LogP) is 5.56. The van der Waals surface area contributed by atoms with E-state index in [1.807, 2.05) is 30.0 Å². The fraction of sp³-hybridized carbons (Fsp3) is 0.471. The number of aromatic nitrogens is 1. The van der Waals surface area contributed by atoms with Crippen molar-refractivity contribution in [2.24, 2.45) is 29.6 Å². The van der Waals surface area contributed by atoms with E-state index in [4.69, 9.17) is 21.1 Å². The molecular formula is C34H34ClN3O6S2. The zero-order valence-electron chi connectivity index (χ0n) is 25.3. The molecule has 2 aromatic carbocycles. The molecule has 4 fully saturated rings. The molecule has 2 aliphatic carbocycles. The number of ether oxygens (including phenoxy) is 2. The zero-order valence-corrected chi connectivity index (χ0v) is 27.7. The van der Waals surface area contributed by atoms with E-state index in [-0.39, 0.29) is 64.0 Å². The number of fused-ring (bicyclic) bond motifs is 9. The number of likely N-dealkylation sites (tertiary alicyclic amines) is 1. The van der Waals surface area contributed by atoms with Gasteiger partial charge in [0.05, 0.1) is 29.2 Å². The lowest BCUT2D eigenvalue weighted by Gasteiger charge is -2.43. The maximum Gasteiger partial charge on any atom is 0.305 e. The molecule has 240 valence electrons. The summed E-state index contributed by atoms with van der Waals surface area (Å²) in [6.07, 6.45) is 3.98. The van der Waals surface area contributed by atoms with Crippen LogP contribution in [0.25, 0.3) is 0 Å². The summed E-state index contributed by atoms with van der Waals surface area (Å²) >= 11 is 8.98. The summed E-state index contributed by atoms with van der Waals surface area (Å²) in [6, 6.07) is 12.7. The predicted molar refractivity (Wildman–Crippen MR) is 176 cm³/mol. The Bertz CT molecular complexity index is 1770. The van der Waals surface area contributed by atoms with Crippen molar-refractivity contribution in [2.45, 2.75) is 48.8 Å². The lowest BCUT2D eigenvalue weighted by atomic mass is 9.68. The number of thiazole rings is 1. The number of piperidine rings is 1. The number of nitrogens with one attached hydrogen (secondary N) is 1. The number of benzene rings is 2. The third-order valence-electron chi connectivity index (χ3n) is 10.5. The van der Waals surface area contributed by atoms with Crippen molar-refractivity contribution in [3.05, 3.63) is 67.6 Å². The second-order valence-electron chi connectivity index (χ2n) is 12.8. The topological polar surface area (TPSA) is 109 Å². The summed E-state index contributed by atoms with van der Waals surface area (Å²) in [5, 5.41) is 1.47. The Labute approximate surface area is 279 Å². The van der Waals surface area contributed by atoms with Crippen molar-refractivity contribution in [1.29, 1.82) is 0 Å².